The highest BCUT2D eigenvalue weighted by atomic mass is 14.9. The number of hydrogen-bond acceptors (Lipinski definition) is 2. The molecule has 0 saturated carbocycles. The summed E-state index contributed by atoms with van der Waals surface area (Å²) in [6, 6.07) is 2.02. The van der Waals surface area contributed by atoms with Gasteiger partial charge in [-0.25, -0.2) is 9.97 Å². The van der Waals surface area contributed by atoms with Crippen LogP contribution in [0.1, 0.15) is 39.4 Å². The summed E-state index contributed by atoms with van der Waals surface area (Å²) < 4.78 is 0. The molecule has 0 unspecified atom stereocenters. The van der Waals surface area contributed by atoms with Crippen LogP contribution >= 0.6 is 0 Å². The molecule has 0 atom stereocenters. The number of nitrogens with zero attached hydrogens (tertiary/aromatic N) is 2. The van der Waals surface area contributed by atoms with Gasteiger partial charge in [-0.05, 0) is 26.3 Å². The standard InChI is InChI=1S/C8H12N2.C2H6.H2/c1-4-8-5-6(2)9-7(3)10-8;1-2;/h5H,4H2,1-3H3;1-2H3;1H. The second kappa shape index (κ2) is 5.70. The number of hydrogen-bond donors (Lipinski definition) is 0. The van der Waals surface area contributed by atoms with Crippen molar-refractivity contribution in [1.82, 2.24) is 9.97 Å². The summed E-state index contributed by atoms with van der Waals surface area (Å²) in [6.07, 6.45) is 0.990. The molecular formula is C10H20N2. The normalized spacial score (nSPS) is 8.75. The molecule has 1 heterocycles. The van der Waals surface area contributed by atoms with E-state index in [0.717, 1.165) is 23.6 Å². The highest BCUT2D eigenvalue weighted by Crippen LogP contribution is 1.99. The molecule has 2 nitrogen and oxygen atoms in total. The molecule has 1 aromatic rings. The van der Waals surface area contributed by atoms with E-state index in [-0.39, 0.29) is 1.43 Å². The molecule has 0 aliphatic rings. The van der Waals surface area contributed by atoms with Crippen LogP contribution in [0.3, 0.4) is 0 Å². The van der Waals surface area contributed by atoms with Gasteiger partial charge in [0.25, 0.3) is 0 Å². The van der Waals surface area contributed by atoms with Gasteiger partial charge in [-0.3, -0.25) is 0 Å². The van der Waals surface area contributed by atoms with Crippen molar-refractivity contribution in [3.8, 4) is 0 Å². The molecule has 0 fully saturated rings. The van der Waals surface area contributed by atoms with E-state index in [1.165, 1.54) is 0 Å². The van der Waals surface area contributed by atoms with Crippen molar-refractivity contribution < 1.29 is 1.43 Å². The first-order chi connectivity index (χ1) is 5.72. The molecule has 0 bridgehead atoms. The zero-order chi connectivity index (χ0) is 9.56. The van der Waals surface area contributed by atoms with Gasteiger partial charge in [0.1, 0.15) is 5.82 Å². The van der Waals surface area contributed by atoms with Gasteiger partial charge in [-0.2, -0.15) is 0 Å². The predicted octanol–water partition coefficient (Wildman–Crippen LogP) is 2.93. The van der Waals surface area contributed by atoms with E-state index >= 15 is 0 Å². The van der Waals surface area contributed by atoms with Crippen LogP contribution in [0.2, 0.25) is 0 Å². The molecule has 0 N–H and O–H groups in total. The van der Waals surface area contributed by atoms with Gasteiger partial charge in [0.05, 0.1) is 0 Å². The molecule has 70 valence electrons. The average molecular weight is 168 g/mol. The van der Waals surface area contributed by atoms with E-state index in [4.69, 9.17) is 0 Å². The summed E-state index contributed by atoms with van der Waals surface area (Å²) in [7, 11) is 0. The van der Waals surface area contributed by atoms with Crippen LogP contribution in [0.25, 0.3) is 0 Å². The lowest BCUT2D eigenvalue weighted by Gasteiger charge is -1.98. The largest absolute Gasteiger partial charge is 0.239 e. The van der Waals surface area contributed by atoms with Gasteiger partial charge < -0.3 is 0 Å². The Labute approximate surface area is 76.6 Å². The lowest BCUT2D eigenvalue weighted by atomic mass is 10.3. The van der Waals surface area contributed by atoms with Crippen LogP contribution in [0.4, 0.5) is 0 Å². The number of aryl methyl sites for hydroxylation is 3. The Kier molecular flexibility index (Phi) is 5.26. The number of aromatic nitrogens is 2. The highest BCUT2D eigenvalue weighted by Gasteiger charge is 1.93. The van der Waals surface area contributed by atoms with Crippen LogP contribution < -0.4 is 0 Å². The first kappa shape index (κ1) is 11.1. The third-order valence-electron chi connectivity index (χ3n) is 1.38. The topological polar surface area (TPSA) is 25.8 Å². The minimum atomic E-state index is 0. The molecule has 0 aliphatic carbocycles. The molecule has 0 radical (unpaired) electrons. The first-order valence-corrected chi connectivity index (χ1v) is 4.53. The molecule has 0 saturated heterocycles. The van der Waals surface area contributed by atoms with Crippen molar-refractivity contribution in [2.24, 2.45) is 0 Å². The van der Waals surface area contributed by atoms with E-state index < -0.39 is 0 Å². The van der Waals surface area contributed by atoms with Crippen LogP contribution in [0.5, 0.6) is 0 Å². The maximum atomic E-state index is 4.24. The van der Waals surface area contributed by atoms with E-state index in [0.29, 0.717) is 0 Å². The van der Waals surface area contributed by atoms with Gasteiger partial charge >= 0.3 is 0 Å². The molecule has 0 spiro atoms. The van der Waals surface area contributed by atoms with Gasteiger partial charge in [0.15, 0.2) is 0 Å². The van der Waals surface area contributed by atoms with Crippen LogP contribution in [-0.4, -0.2) is 9.97 Å². The Morgan fingerprint density at radius 1 is 1.25 bits per heavy atom. The molecule has 0 amide bonds. The SMILES string of the molecule is CC.CCc1cc(C)nc(C)n1.[HH]. The maximum absolute atomic E-state index is 4.24. The molecule has 1 aromatic heterocycles. The Bertz CT molecular complexity index is 216. The summed E-state index contributed by atoms with van der Waals surface area (Å²) in [5, 5.41) is 0. The zero-order valence-electron chi connectivity index (χ0n) is 8.68. The van der Waals surface area contributed by atoms with E-state index in [9.17, 15) is 0 Å². The van der Waals surface area contributed by atoms with Crippen molar-refractivity contribution in [3.05, 3.63) is 23.3 Å². The molecule has 0 aliphatic heterocycles. The minimum Gasteiger partial charge on any atom is -0.239 e. The second-order valence-corrected chi connectivity index (χ2v) is 2.40. The third kappa shape index (κ3) is 3.46. The first-order valence-electron chi connectivity index (χ1n) is 4.53. The zero-order valence-corrected chi connectivity index (χ0v) is 8.68. The molecular weight excluding hydrogens is 148 g/mol. The summed E-state index contributed by atoms with van der Waals surface area (Å²) >= 11 is 0. The summed E-state index contributed by atoms with van der Waals surface area (Å²) in [5.41, 5.74) is 2.19. The Balaban J connectivity index is 0. The van der Waals surface area contributed by atoms with Crippen LogP contribution in [0, 0.1) is 13.8 Å². The fraction of sp³-hybridized carbons (Fsp3) is 0.600. The third-order valence-corrected chi connectivity index (χ3v) is 1.38. The van der Waals surface area contributed by atoms with Crippen molar-refractivity contribution in [1.29, 1.82) is 0 Å². The molecule has 1 rings (SSSR count). The molecule has 0 aromatic carbocycles. The maximum Gasteiger partial charge on any atom is 0.125 e. The smallest absolute Gasteiger partial charge is 0.125 e. The average Bonchev–Trinajstić information content (AvgIpc) is 2.06. The number of rotatable bonds is 1. The lowest BCUT2D eigenvalue weighted by Crippen LogP contribution is -1.95. The van der Waals surface area contributed by atoms with Crippen LogP contribution in [0.15, 0.2) is 6.07 Å². The van der Waals surface area contributed by atoms with Crippen LogP contribution in [-0.2, 0) is 6.42 Å². The summed E-state index contributed by atoms with van der Waals surface area (Å²) in [4.78, 5) is 8.41. The van der Waals surface area contributed by atoms with Crippen molar-refractivity contribution >= 4 is 0 Å². The molecule has 12 heavy (non-hydrogen) atoms. The minimum absolute atomic E-state index is 0. The van der Waals surface area contributed by atoms with E-state index in [1.54, 1.807) is 0 Å². The summed E-state index contributed by atoms with van der Waals surface area (Å²) in [6.45, 7) is 10.0. The monoisotopic (exact) mass is 168 g/mol. The van der Waals surface area contributed by atoms with E-state index in [1.807, 2.05) is 33.8 Å². The Morgan fingerprint density at radius 2 is 1.83 bits per heavy atom. The Morgan fingerprint density at radius 3 is 2.25 bits per heavy atom. The molecule has 2 heteroatoms. The van der Waals surface area contributed by atoms with Gasteiger partial charge in [0.2, 0.25) is 0 Å². The van der Waals surface area contributed by atoms with Gasteiger partial charge in [0, 0.05) is 12.8 Å². The van der Waals surface area contributed by atoms with Gasteiger partial charge in [-0.15, -0.1) is 0 Å². The van der Waals surface area contributed by atoms with Gasteiger partial charge in [-0.1, -0.05) is 20.8 Å². The Hall–Kier alpha value is -0.920. The highest BCUT2D eigenvalue weighted by molar-refractivity contribution is 5.08. The quantitative estimate of drug-likeness (QED) is 0.644. The second-order valence-electron chi connectivity index (χ2n) is 2.40. The predicted molar refractivity (Wildman–Crippen MR) is 54.3 cm³/mol. The lowest BCUT2D eigenvalue weighted by molar-refractivity contribution is 0.926. The fourth-order valence-electron chi connectivity index (χ4n) is 0.975. The fourth-order valence-corrected chi connectivity index (χ4v) is 0.975. The van der Waals surface area contributed by atoms with Crippen molar-refractivity contribution in [3.63, 3.8) is 0 Å². The summed E-state index contributed by atoms with van der Waals surface area (Å²) in [5.74, 6) is 0.872. The van der Waals surface area contributed by atoms with Crippen molar-refractivity contribution in [2.75, 3.05) is 0 Å². The van der Waals surface area contributed by atoms with E-state index in [2.05, 4.69) is 16.9 Å². The van der Waals surface area contributed by atoms with Crippen molar-refractivity contribution in [2.45, 2.75) is 41.0 Å².